The van der Waals surface area contributed by atoms with Crippen LogP contribution in [0.1, 0.15) is 39.0 Å². The molecule has 1 aromatic carbocycles. The summed E-state index contributed by atoms with van der Waals surface area (Å²) in [5, 5.41) is 13.8. The molecule has 2 amide bonds. The second-order valence-corrected chi connectivity index (χ2v) is 8.04. The van der Waals surface area contributed by atoms with Gasteiger partial charge in [-0.3, -0.25) is 19.7 Å². The van der Waals surface area contributed by atoms with Crippen LogP contribution in [0, 0.1) is 27.8 Å². The molecule has 1 N–H and O–H groups in total. The molecule has 0 radical (unpaired) electrons. The van der Waals surface area contributed by atoms with E-state index in [0.717, 1.165) is 25.0 Å². The van der Waals surface area contributed by atoms with Crippen molar-refractivity contribution in [1.29, 1.82) is 0 Å². The number of rotatable bonds is 5. The molecule has 162 valence electrons. The molecule has 1 atom stereocenters. The molecule has 2 fully saturated rings. The predicted molar refractivity (Wildman–Crippen MR) is 104 cm³/mol. The number of esters is 1. The highest BCUT2D eigenvalue weighted by molar-refractivity contribution is 6.01. The summed E-state index contributed by atoms with van der Waals surface area (Å²) in [7, 11) is 1.27. The SMILES string of the molecule is COC(=O)C1(NC(=O)C2CC(=O)N(c3ccc(F)c([N+](=O)[O-])c3)C2)CCC(C)CC1. The molecule has 0 bridgehead atoms. The first kappa shape index (κ1) is 21.7. The summed E-state index contributed by atoms with van der Waals surface area (Å²) < 4.78 is 18.5. The Balaban J connectivity index is 1.75. The zero-order valence-corrected chi connectivity index (χ0v) is 16.9. The molecule has 10 heteroatoms. The van der Waals surface area contributed by atoms with Crippen LogP contribution in [0.15, 0.2) is 18.2 Å². The van der Waals surface area contributed by atoms with Crippen LogP contribution in [0.5, 0.6) is 0 Å². The van der Waals surface area contributed by atoms with Gasteiger partial charge in [0.2, 0.25) is 17.6 Å². The van der Waals surface area contributed by atoms with E-state index in [1.807, 2.05) is 0 Å². The number of nitro groups is 1. The number of carbonyl (C=O) groups excluding carboxylic acids is 3. The van der Waals surface area contributed by atoms with E-state index in [1.165, 1.54) is 18.1 Å². The maximum absolute atomic E-state index is 13.6. The highest BCUT2D eigenvalue weighted by Crippen LogP contribution is 2.34. The summed E-state index contributed by atoms with van der Waals surface area (Å²) in [6.07, 6.45) is 2.35. The summed E-state index contributed by atoms with van der Waals surface area (Å²) in [4.78, 5) is 49.1. The average Bonchev–Trinajstić information content (AvgIpc) is 3.11. The molecule has 3 rings (SSSR count). The van der Waals surface area contributed by atoms with Crippen molar-refractivity contribution in [1.82, 2.24) is 5.32 Å². The molecule has 1 heterocycles. The van der Waals surface area contributed by atoms with Crippen LogP contribution < -0.4 is 10.2 Å². The summed E-state index contributed by atoms with van der Waals surface area (Å²) in [5.74, 6) is -2.64. The first-order valence-electron chi connectivity index (χ1n) is 9.81. The van der Waals surface area contributed by atoms with Gasteiger partial charge < -0.3 is 15.0 Å². The number of anilines is 1. The van der Waals surface area contributed by atoms with Gasteiger partial charge in [0.1, 0.15) is 5.54 Å². The lowest BCUT2D eigenvalue weighted by atomic mass is 9.76. The van der Waals surface area contributed by atoms with Crippen molar-refractivity contribution in [2.45, 2.75) is 44.6 Å². The van der Waals surface area contributed by atoms with E-state index in [2.05, 4.69) is 12.2 Å². The van der Waals surface area contributed by atoms with Crippen LogP contribution in [0.3, 0.4) is 0 Å². The molecule has 1 aromatic rings. The van der Waals surface area contributed by atoms with E-state index in [1.54, 1.807) is 0 Å². The van der Waals surface area contributed by atoms with Crippen molar-refractivity contribution in [2.24, 2.45) is 11.8 Å². The minimum atomic E-state index is -1.11. The van der Waals surface area contributed by atoms with Crippen LogP contribution in [0.4, 0.5) is 15.8 Å². The lowest BCUT2D eigenvalue weighted by Gasteiger charge is -2.38. The molecule has 0 aromatic heterocycles. The zero-order chi connectivity index (χ0) is 22.1. The molecule has 1 aliphatic carbocycles. The third-order valence-corrected chi connectivity index (χ3v) is 6.00. The Labute approximate surface area is 172 Å². The fraction of sp³-hybridized carbons (Fsp3) is 0.550. The van der Waals surface area contributed by atoms with E-state index in [4.69, 9.17) is 4.74 Å². The number of nitro benzene ring substituents is 1. The lowest BCUT2D eigenvalue weighted by Crippen LogP contribution is -2.58. The standard InChI is InChI=1S/C20H24FN3O6/c1-12-5-7-20(8-6-12,19(27)30-2)22-18(26)13-9-17(25)23(11-13)14-3-4-15(21)16(10-14)24(28)29/h3-4,10,12-13H,5-9,11H2,1-2H3,(H,22,26). The summed E-state index contributed by atoms with van der Waals surface area (Å²) in [6.45, 7) is 2.07. The molecule has 1 saturated carbocycles. The third-order valence-electron chi connectivity index (χ3n) is 6.00. The molecule has 9 nitrogen and oxygen atoms in total. The number of nitrogens with zero attached hydrogens (tertiary/aromatic N) is 2. The van der Waals surface area contributed by atoms with Gasteiger partial charge in [-0.15, -0.1) is 0 Å². The molecular formula is C20H24FN3O6. The van der Waals surface area contributed by atoms with Crippen molar-refractivity contribution >= 4 is 29.2 Å². The normalized spacial score (nSPS) is 26.4. The Hall–Kier alpha value is -3.04. The van der Waals surface area contributed by atoms with Crippen molar-refractivity contribution < 1.29 is 28.4 Å². The molecule has 30 heavy (non-hydrogen) atoms. The number of hydrogen-bond acceptors (Lipinski definition) is 6. The van der Waals surface area contributed by atoms with Gasteiger partial charge in [0, 0.05) is 19.0 Å². The Kier molecular flexibility index (Phi) is 6.04. The van der Waals surface area contributed by atoms with Gasteiger partial charge in [-0.1, -0.05) is 6.92 Å². The quantitative estimate of drug-likeness (QED) is 0.443. The monoisotopic (exact) mass is 421 g/mol. The number of nitrogens with one attached hydrogen (secondary N) is 1. The van der Waals surface area contributed by atoms with Gasteiger partial charge in [0.15, 0.2) is 0 Å². The highest BCUT2D eigenvalue weighted by Gasteiger charge is 2.46. The van der Waals surface area contributed by atoms with Gasteiger partial charge >= 0.3 is 11.7 Å². The minimum absolute atomic E-state index is 0.0128. The van der Waals surface area contributed by atoms with E-state index in [-0.39, 0.29) is 18.7 Å². The van der Waals surface area contributed by atoms with Gasteiger partial charge in [-0.25, -0.2) is 4.79 Å². The van der Waals surface area contributed by atoms with Gasteiger partial charge in [0.25, 0.3) is 0 Å². The molecule has 1 unspecified atom stereocenters. The Morgan fingerprint density at radius 3 is 2.60 bits per heavy atom. The van der Waals surface area contributed by atoms with E-state index < -0.39 is 45.7 Å². The summed E-state index contributed by atoms with van der Waals surface area (Å²) in [5.41, 5.74) is -1.70. The zero-order valence-electron chi connectivity index (χ0n) is 16.9. The van der Waals surface area contributed by atoms with Gasteiger partial charge in [-0.05, 0) is 43.7 Å². The number of benzene rings is 1. The Bertz CT molecular complexity index is 881. The smallest absolute Gasteiger partial charge is 0.331 e. The second-order valence-electron chi connectivity index (χ2n) is 8.04. The molecule has 0 spiro atoms. The Morgan fingerprint density at radius 2 is 2.00 bits per heavy atom. The first-order chi connectivity index (χ1) is 14.2. The first-order valence-corrected chi connectivity index (χ1v) is 9.81. The topological polar surface area (TPSA) is 119 Å². The molecular weight excluding hydrogens is 397 g/mol. The van der Waals surface area contributed by atoms with E-state index in [9.17, 15) is 28.9 Å². The summed E-state index contributed by atoms with van der Waals surface area (Å²) in [6, 6.07) is 3.16. The van der Waals surface area contributed by atoms with Crippen LogP contribution in [0.25, 0.3) is 0 Å². The van der Waals surface area contributed by atoms with Crippen LogP contribution in [-0.4, -0.2) is 41.9 Å². The van der Waals surface area contributed by atoms with Crippen LogP contribution in [0.2, 0.25) is 0 Å². The van der Waals surface area contributed by atoms with Crippen molar-refractivity contribution in [2.75, 3.05) is 18.6 Å². The van der Waals surface area contributed by atoms with Crippen molar-refractivity contribution in [3.63, 3.8) is 0 Å². The molecule has 1 aliphatic heterocycles. The fourth-order valence-electron chi connectivity index (χ4n) is 4.11. The highest BCUT2D eigenvalue weighted by atomic mass is 19.1. The number of ether oxygens (including phenoxy) is 1. The number of hydrogen-bond donors (Lipinski definition) is 1. The lowest BCUT2D eigenvalue weighted by molar-refractivity contribution is -0.387. The number of amides is 2. The number of carbonyl (C=O) groups is 3. The fourth-order valence-corrected chi connectivity index (χ4v) is 4.11. The third kappa shape index (κ3) is 4.12. The van der Waals surface area contributed by atoms with E-state index in [0.29, 0.717) is 18.8 Å². The maximum atomic E-state index is 13.6. The average molecular weight is 421 g/mol. The molecule has 2 aliphatic rings. The maximum Gasteiger partial charge on any atom is 0.331 e. The van der Waals surface area contributed by atoms with Crippen molar-refractivity contribution in [3.05, 3.63) is 34.1 Å². The predicted octanol–water partition coefficient (Wildman–Crippen LogP) is 2.32. The van der Waals surface area contributed by atoms with Gasteiger partial charge in [0.05, 0.1) is 23.6 Å². The molecule has 1 saturated heterocycles. The largest absolute Gasteiger partial charge is 0.467 e. The Morgan fingerprint density at radius 1 is 1.33 bits per heavy atom. The van der Waals surface area contributed by atoms with Crippen LogP contribution >= 0.6 is 0 Å². The van der Waals surface area contributed by atoms with Crippen LogP contribution in [-0.2, 0) is 19.1 Å². The summed E-state index contributed by atoms with van der Waals surface area (Å²) >= 11 is 0. The minimum Gasteiger partial charge on any atom is -0.467 e. The number of halogens is 1. The van der Waals surface area contributed by atoms with Crippen molar-refractivity contribution in [3.8, 4) is 0 Å². The second kappa shape index (κ2) is 8.37. The number of methoxy groups -OCH3 is 1. The van der Waals surface area contributed by atoms with E-state index >= 15 is 0 Å². The van der Waals surface area contributed by atoms with Gasteiger partial charge in [-0.2, -0.15) is 4.39 Å².